The minimum absolute atomic E-state index is 0.0172. The minimum Gasteiger partial charge on any atom is -0.462 e. The fourth-order valence-corrected chi connectivity index (χ4v) is 7.78. The first-order chi connectivity index (χ1) is 32.5. The van der Waals surface area contributed by atoms with Gasteiger partial charge in [0.2, 0.25) is 5.91 Å². The molecule has 0 aliphatic carbocycles. The zero-order valence-corrected chi connectivity index (χ0v) is 43.0. The number of unbranched alkanes of at least 4 members (excludes halogenated alkanes) is 20. The van der Waals surface area contributed by atoms with Gasteiger partial charge in [-0.05, 0) is 96.3 Å². The molecule has 0 spiro atoms. The molecule has 0 aromatic carbocycles. The number of rotatable bonds is 48. The number of carbonyl (C=O) groups is 2. The van der Waals surface area contributed by atoms with E-state index in [4.69, 9.17) is 4.74 Å². The molecule has 0 aromatic heterocycles. The molecule has 0 aromatic rings. The van der Waals surface area contributed by atoms with E-state index in [-0.39, 0.29) is 31.3 Å². The van der Waals surface area contributed by atoms with Gasteiger partial charge in [-0.25, -0.2) is 0 Å². The molecule has 0 saturated carbocycles. The van der Waals surface area contributed by atoms with Gasteiger partial charge < -0.3 is 20.3 Å². The average molecular weight is 918 g/mol. The second kappa shape index (κ2) is 52.7. The van der Waals surface area contributed by atoms with Crippen LogP contribution in [0.5, 0.6) is 0 Å². The molecule has 0 bridgehead atoms. The molecule has 1 amide bonds. The Morgan fingerprint density at radius 2 is 0.818 bits per heavy atom. The fraction of sp³-hybridized carbons (Fsp3) is 0.700. The van der Waals surface area contributed by atoms with E-state index in [2.05, 4.69) is 117 Å². The summed E-state index contributed by atoms with van der Waals surface area (Å²) in [6, 6.07) is -0.735. The Morgan fingerprint density at radius 3 is 1.26 bits per heavy atom. The number of nitrogens with one attached hydrogen (secondary N) is 1. The van der Waals surface area contributed by atoms with E-state index >= 15 is 0 Å². The van der Waals surface area contributed by atoms with Crippen LogP contribution in [0.15, 0.2) is 97.2 Å². The summed E-state index contributed by atoms with van der Waals surface area (Å²) in [5, 5.41) is 23.8. The normalized spacial score (nSPS) is 14.0. The predicted octanol–water partition coefficient (Wildman–Crippen LogP) is 16.9. The molecule has 0 rings (SSSR count). The molecule has 3 atom stereocenters. The molecular formula is C60H103NO5. The molecule has 66 heavy (non-hydrogen) atoms. The van der Waals surface area contributed by atoms with Gasteiger partial charge in [-0.2, -0.15) is 0 Å². The van der Waals surface area contributed by atoms with Crippen LogP contribution in [-0.4, -0.2) is 46.9 Å². The number of hydrogen-bond donors (Lipinski definition) is 3. The van der Waals surface area contributed by atoms with Gasteiger partial charge in [0.1, 0.15) is 6.10 Å². The number of allylic oxidation sites excluding steroid dienone is 16. The van der Waals surface area contributed by atoms with Crippen molar-refractivity contribution >= 4 is 11.9 Å². The standard InChI is InChI=1S/C60H103NO5/c1-4-7-10-13-16-19-22-25-28-31-34-37-40-43-46-49-52-58(63)57(55-62)61-59(64)54-56(51-48-45-42-39-36-33-30-27-24-21-18-15-12-9-6-3)66-60(65)53-50-47-44-41-38-35-32-29-26-23-20-17-14-11-8-5-2/h8,11,17-18,20-21,26-27,29-30,35-36,38-39,44,47,56-58,62-63H,4-7,9-10,12-16,19,22-25,28,31-34,37,40-43,45-46,48-55H2,1-3H3,(H,61,64)/b11-8+,20-17+,21-18-,29-26+,30-27-,38-35+,39-36-,47-44+. The summed E-state index contributed by atoms with van der Waals surface area (Å²) in [5.74, 6) is -0.614. The van der Waals surface area contributed by atoms with E-state index in [1.165, 1.54) is 109 Å². The largest absolute Gasteiger partial charge is 0.462 e. The van der Waals surface area contributed by atoms with E-state index in [0.717, 1.165) is 83.5 Å². The molecule has 3 unspecified atom stereocenters. The molecule has 6 nitrogen and oxygen atoms in total. The second-order valence-electron chi connectivity index (χ2n) is 18.2. The molecule has 378 valence electrons. The van der Waals surface area contributed by atoms with Crippen LogP contribution in [-0.2, 0) is 14.3 Å². The van der Waals surface area contributed by atoms with Crippen molar-refractivity contribution in [3.05, 3.63) is 97.2 Å². The van der Waals surface area contributed by atoms with E-state index in [1.54, 1.807) is 0 Å². The number of esters is 1. The lowest BCUT2D eigenvalue weighted by molar-refractivity contribution is -0.150. The number of carbonyl (C=O) groups excluding carboxylic acids is 2. The first-order valence-corrected chi connectivity index (χ1v) is 27.5. The summed E-state index contributed by atoms with van der Waals surface area (Å²) in [4.78, 5) is 26.2. The van der Waals surface area contributed by atoms with Crippen LogP contribution >= 0.6 is 0 Å². The van der Waals surface area contributed by atoms with Crippen molar-refractivity contribution in [3.8, 4) is 0 Å². The topological polar surface area (TPSA) is 95.9 Å². The lowest BCUT2D eigenvalue weighted by Crippen LogP contribution is -2.46. The Labute approximate surface area is 407 Å². The van der Waals surface area contributed by atoms with E-state index in [1.807, 2.05) is 6.08 Å². The van der Waals surface area contributed by atoms with Gasteiger partial charge in [0.05, 0.1) is 25.2 Å². The molecular weight excluding hydrogens is 815 g/mol. The average Bonchev–Trinajstić information content (AvgIpc) is 3.31. The molecule has 0 aliphatic heterocycles. The first-order valence-electron chi connectivity index (χ1n) is 27.5. The van der Waals surface area contributed by atoms with Crippen molar-refractivity contribution in [2.24, 2.45) is 0 Å². The molecule has 6 heteroatoms. The first kappa shape index (κ1) is 62.8. The van der Waals surface area contributed by atoms with Crippen LogP contribution in [0.1, 0.15) is 245 Å². The van der Waals surface area contributed by atoms with Crippen LogP contribution < -0.4 is 5.32 Å². The Balaban J connectivity index is 4.73. The summed E-state index contributed by atoms with van der Waals surface area (Å²) in [6.45, 7) is 6.32. The highest BCUT2D eigenvalue weighted by atomic mass is 16.5. The molecule has 0 radical (unpaired) electrons. The number of aliphatic hydroxyl groups excluding tert-OH is 2. The van der Waals surface area contributed by atoms with Gasteiger partial charge in [0.15, 0.2) is 0 Å². The minimum atomic E-state index is -0.816. The number of ether oxygens (including phenoxy) is 1. The van der Waals surface area contributed by atoms with Crippen LogP contribution in [0, 0.1) is 0 Å². The Kier molecular flexibility index (Phi) is 50.2. The predicted molar refractivity (Wildman–Crippen MR) is 287 cm³/mol. The van der Waals surface area contributed by atoms with Gasteiger partial charge >= 0.3 is 5.97 Å². The third kappa shape index (κ3) is 47.3. The van der Waals surface area contributed by atoms with Gasteiger partial charge in [-0.3, -0.25) is 9.59 Å². The van der Waals surface area contributed by atoms with Crippen molar-refractivity contribution in [1.29, 1.82) is 0 Å². The lowest BCUT2D eigenvalue weighted by Gasteiger charge is -2.24. The van der Waals surface area contributed by atoms with Crippen molar-refractivity contribution in [2.45, 2.75) is 264 Å². The highest BCUT2D eigenvalue weighted by molar-refractivity contribution is 5.77. The third-order valence-electron chi connectivity index (χ3n) is 11.9. The van der Waals surface area contributed by atoms with Gasteiger partial charge in [0.25, 0.3) is 0 Å². The maximum atomic E-state index is 13.2. The van der Waals surface area contributed by atoms with Crippen molar-refractivity contribution < 1.29 is 24.5 Å². The Hall–Kier alpha value is -3.22. The quantitative estimate of drug-likeness (QED) is 0.0321. The van der Waals surface area contributed by atoms with Crippen molar-refractivity contribution in [3.63, 3.8) is 0 Å². The zero-order valence-electron chi connectivity index (χ0n) is 43.0. The fourth-order valence-electron chi connectivity index (χ4n) is 7.78. The third-order valence-corrected chi connectivity index (χ3v) is 11.9. The Bertz CT molecular complexity index is 1310. The highest BCUT2D eigenvalue weighted by Gasteiger charge is 2.24. The van der Waals surface area contributed by atoms with E-state index in [0.29, 0.717) is 19.3 Å². The van der Waals surface area contributed by atoms with Crippen LogP contribution in [0.4, 0.5) is 0 Å². The summed E-state index contributed by atoms with van der Waals surface area (Å²) >= 11 is 0. The van der Waals surface area contributed by atoms with Crippen LogP contribution in [0.2, 0.25) is 0 Å². The van der Waals surface area contributed by atoms with Gasteiger partial charge in [-0.15, -0.1) is 0 Å². The molecule has 0 saturated heterocycles. The summed E-state index contributed by atoms with van der Waals surface area (Å²) in [7, 11) is 0. The van der Waals surface area contributed by atoms with Crippen LogP contribution in [0.3, 0.4) is 0 Å². The molecule has 0 heterocycles. The summed E-state index contributed by atoms with van der Waals surface area (Å²) in [6.07, 6.45) is 70.5. The maximum absolute atomic E-state index is 13.2. The second-order valence-corrected chi connectivity index (χ2v) is 18.2. The van der Waals surface area contributed by atoms with E-state index in [9.17, 15) is 19.8 Å². The monoisotopic (exact) mass is 918 g/mol. The number of hydrogen-bond acceptors (Lipinski definition) is 5. The van der Waals surface area contributed by atoms with Crippen LogP contribution in [0.25, 0.3) is 0 Å². The number of amides is 1. The molecule has 3 N–H and O–H groups in total. The highest BCUT2D eigenvalue weighted by Crippen LogP contribution is 2.17. The maximum Gasteiger partial charge on any atom is 0.306 e. The number of aliphatic hydroxyl groups is 2. The van der Waals surface area contributed by atoms with Gasteiger partial charge in [0, 0.05) is 6.42 Å². The summed E-state index contributed by atoms with van der Waals surface area (Å²) in [5.41, 5.74) is 0. The molecule has 0 fully saturated rings. The Morgan fingerprint density at radius 1 is 0.455 bits per heavy atom. The zero-order chi connectivity index (χ0) is 48.1. The summed E-state index contributed by atoms with van der Waals surface area (Å²) < 4.78 is 5.88. The smallest absolute Gasteiger partial charge is 0.306 e. The van der Waals surface area contributed by atoms with Crippen molar-refractivity contribution in [1.82, 2.24) is 5.32 Å². The van der Waals surface area contributed by atoms with Crippen molar-refractivity contribution in [2.75, 3.05) is 6.61 Å². The van der Waals surface area contributed by atoms with Gasteiger partial charge in [-0.1, -0.05) is 234 Å². The lowest BCUT2D eigenvalue weighted by atomic mass is 10.0. The van der Waals surface area contributed by atoms with E-state index < -0.39 is 18.2 Å². The SMILES string of the molecule is CC/C=C/C/C=C/C/C=C/C/C=C/C/C=C/CCC(=O)OC(CCCC/C=C\C/C=C\C/C=C\CCCCC)CC(=O)NC(CO)C(O)CCCCCCCCCCCCCCCCCC. The molecule has 0 aliphatic rings.